The molecule has 0 radical (unpaired) electrons. The van der Waals surface area contributed by atoms with Crippen molar-refractivity contribution in [2.75, 3.05) is 11.9 Å². The van der Waals surface area contributed by atoms with Crippen molar-refractivity contribution < 1.29 is 0 Å². The van der Waals surface area contributed by atoms with Crippen LogP contribution >= 0.6 is 22.9 Å². The molecule has 0 saturated carbocycles. The molecule has 0 bridgehead atoms. The predicted molar refractivity (Wildman–Crippen MR) is 102 cm³/mol. The fourth-order valence-electron chi connectivity index (χ4n) is 2.55. The highest BCUT2D eigenvalue weighted by Gasteiger charge is 2.16. The lowest BCUT2D eigenvalue weighted by molar-refractivity contribution is 0.967. The molecule has 25 heavy (non-hydrogen) atoms. The zero-order valence-electron chi connectivity index (χ0n) is 12.9. The van der Waals surface area contributed by atoms with Gasteiger partial charge in [0.2, 0.25) is 0 Å². The molecule has 3 heterocycles. The van der Waals surface area contributed by atoms with Gasteiger partial charge in [0.05, 0.1) is 11.1 Å². The van der Waals surface area contributed by atoms with Gasteiger partial charge in [0.25, 0.3) is 5.56 Å². The van der Waals surface area contributed by atoms with E-state index in [9.17, 15) is 4.79 Å². The molecule has 0 amide bonds. The number of anilines is 1. The van der Waals surface area contributed by atoms with Gasteiger partial charge >= 0.3 is 0 Å². The Morgan fingerprint density at radius 2 is 2.04 bits per heavy atom. The summed E-state index contributed by atoms with van der Waals surface area (Å²) in [6, 6.07) is 7.03. The molecule has 4 rings (SSSR count). The van der Waals surface area contributed by atoms with E-state index in [4.69, 9.17) is 11.6 Å². The summed E-state index contributed by atoms with van der Waals surface area (Å²) >= 11 is 7.23. The van der Waals surface area contributed by atoms with Crippen molar-refractivity contribution in [3.8, 4) is 5.69 Å². The summed E-state index contributed by atoms with van der Waals surface area (Å²) in [5.41, 5.74) is 1.16. The van der Waals surface area contributed by atoms with E-state index in [0.29, 0.717) is 33.3 Å². The molecule has 124 valence electrons. The van der Waals surface area contributed by atoms with Gasteiger partial charge in [0.15, 0.2) is 0 Å². The minimum absolute atomic E-state index is 0.148. The molecular weight excluding hydrogens is 358 g/mol. The molecule has 4 aromatic rings. The highest BCUT2D eigenvalue weighted by atomic mass is 35.5. The Balaban J connectivity index is 1.96. The second-order valence-corrected chi connectivity index (χ2v) is 6.68. The first-order chi connectivity index (χ1) is 12.2. The van der Waals surface area contributed by atoms with Crippen LogP contribution < -0.4 is 10.9 Å². The summed E-state index contributed by atoms with van der Waals surface area (Å²) in [5, 5.41) is 4.53. The molecule has 6 nitrogen and oxygen atoms in total. The fourth-order valence-corrected chi connectivity index (χ4v) is 3.70. The molecule has 0 aliphatic carbocycles. The van der Waals surface area contributed by atoms with Gasteiger partial charge in [-0.3, -0.25) is 9.36 Å². The molecule has 0 saturated heterocycles. The van der Waals surface area contributed by atoms with Gasteiger partial charge in [0, 0.05) is 11.6 Å². The molecule has 0 spiro atoms. The number of nitrogens with zero attached hydrogens (tertiary/aromatic N) is 4. The van der Waals surface area contributed by atoms with Crippen LogP contribution in [0.1, 0.15) is 0 Å². The Morgan fingerprint density at radius 1 is 1.24 bits per heavy atom. The summed E-state index contributed by atoms with van der Waals surface area (Å²) in [7, 11) is 0. The van der Waals surface area contributed by atoms with Crippen LogP contribution in [-0.2, 0) is 0 Å². The van der Waals surface area contributed by atoms with Crippen molar-refractivity contribution in [3.05, 3.63) is 65.0 Å². The van der Waals surface area contributed by atoms with Crippen LogP contribution in [0.25, 0.3) is 26.1 Å². The van der Waals surface area contributed by atoms with Crippen molar-refractivity contribution in [1.82, 2.24) is 19.5 Å². The number of nitrogens with one attached hydrogen (secondary N) is 1. The van der Waals surface area contributed by atoms with E-state index in [2.05, 4.69) is 26.8 Å². The number of hydrogen-bond donors (Lipinski definition) is 1. The standard InChI is InChI=1S/C17H12ClN5OS/c1-2-7-19-15-12-13-14(25-16(12)21-8-20-15)17(24)23(9-22-13)11-5-3-10(18)4-6-11/h2-6,8-9H,1,7H2,(H,19,20,21). The van der Waals surface area contributed by atoms with Crippen molar-refractivity contribution >= 4 is 49.2 Å². The van der Waals surface area contributed by atoms with E-state index in [-0.39, 0.29) is 5.56 Å². The van der Waals surface area contributed by atoms with E-state index < -0.39 is 0 Å². The van der Waals surface area contributed by atoms with Crippen molar-refractivity contribution in [2.45, 2.75) is 0 Å². The third kappa shape index (κ3) is 2.67. The quantitative estimate of drug-likeness (QED) is 0.556. The molecule has 0 unspecified atom stereocenters. The smallest absolute Gasteiger partial charge is 0.275 e. The Kier molecular flexibility index (Phi) is 3.95. The van der Waals surface area contributed by atoms with Crippen molar-refractivity contribution in [2.24, 2.45) is 0 Å². The number of aromatic nitrogens is 4. The average molecular weight is 370 g/mol. The lowest BCUT2D eigenvalue weighted by Crippen LogP contribution is -2.17. The third-order valence-electron chi connectivity index (χ3n) is 3.70. The third-order valence-corrected chi connectivity index (χ3v) is 5.02. The second kappa shape index (κ2) is 6.27. The number of thiophene rings is 1. The molecule has 1 N–H and O–H groups in total. The highest BCUT2D eigenvalue weighted by molar-refractivity contribution is 7.25. The van der Waals surface area contributed by atoms with E-state index in [1.165, 1.54) is 28.6 Å². The van der Waals surface area contributed by atoms with Gasteiger partial charge in [0.1, 0.15) is 33.5 Å². The molecule has 0 fully saturated rings. The molecule has 0 aliphatic rings. The van der Waals surface area contributed by atoms with Gasteiger partial charge in [-0.05, 0) is 24.3 Å². The van der Waals surface area contributed by atoms with E-state index >= 15 is 0 Å². The summed E-state index contributed by atoms with van der Waals surface area (Å²) in [6.45, 7) is 4.25. The molecule has 3 aromatic heterocycles. The minimum Gasteiger partial charge on any atom is -0.366 e. The normalized spacial score (nSPS) is 11.1. The van der Waals surface area contributed by atoms with E-state index in [1.54, 1.807) is 30.3 Å². The Bertz CT molecular complexity index is 1150. The largest absolute Gasteiger partial charge is 0.366 e. The van der Waals surface area contributed by atoms with Gasteiger partial charge in [-0.1, -0.05) is 17.7 Å². The number of hydrogen-bond acceptors (Lipinski definition) is 6. The Labute approximate surface area is 151 Å². The van der Waals surface area contributed by atoms with Gasteiger partial charge in [-0.25, -0.2) is 15.0 Å². The summed E-state index contributed by atoms with van der Waals surface area (Å²) < 4.78 is 2.03. The average Bonchev–Trinajstić information content (AvgIpc) is 3.01. The number of benzene rings is 1. The monoisotopic (exact) mass is 369 g/mol. The molecule has 0 aliphatic heterocycles. The van der Waals surface area contributed by atoms with Crippen LogP contribution in [0.3, 0.4) is 0 Å². The maximum atomic E-state index is 12.9. The van der Waals surface area contributed by atoms with Gasteiger partial charge < -0.3 is 5.32 Å². The Morgan fingerprint density at radius 3 is 2.80 bits per heavy atom. The summed E-state index contributed by atoms with van der Waals surface area (Å²) in [6.07, 6.45) is 4.73. The first kappa shape index (κ1) is 15.7. The second-order valence-electron chi connectivity index (χ2n) is 5.25. The van der Waals surface area contributed by atoms with E-state index in [1.807, 2.05) is 0 Å². The van der Waals surface area contributed by atoms with Crippen molar-refractivity contribution in [3.63, 3.8) is 0 Å². The number of fused-ring (bicyclic) bond motifs is 3. The van der Waals surface area contributed by atoms with Crippen LogP contribution in [0, 0.1) is 0 Å². The van der Waals surface area contributed by atoms with Crippen LogP contribution in [-0.4, -0.2) is 26.1 Å². The fraction of sp³-hybridized carbons (Fsp3) is 0.0588. The number of halogens is 1. The van der Waals surface area contributed by atoms with Gasteiger partial charge in [-0.15, -0.1) is 17.9 Å². The maximum absolute atomic E-state index is 12.9. The lowest BCUT2D eigenvalue weighted by Gasteiger charge is -2.06. The summed E-state index contributed by atoms with van der Waals surface area (Å²) in [4.78, 5) is 26.7. The van der Waals surface area contributed by atoms with Crippen LogP contribution in [0.5, 0.6) is 0 Å². The molecular formula is C17H12ClN5OS. The van der Waals surface area contributed by atoms with Crippen LogP contribution in [0.4, 0.5) is 5.82 Å². The molecule has 0 atom stereocenters. The van der Waals surface area contributed by atoms with E-state index in [0.717, 1.165) is 10.2 Å². The maximum Gasteiger partial charge on any atom is 0.275 e. The minimum atomic E-state index is -0.148. The zero-order chi connectivity index (χ0) is 17.4. The first-order valence-corrected chi connectivity index (χ1v) is 8.64. The van der Waals surface area contributed by atoms with Crippen LogP contribution in [0.2, 0.25) is 5.02 Å². The molecule has 8 heteroatoms. The topological polar surface area (TPSA) is 72.7 Å². The Hall–Kier alpha value is -2.77. The first-order valence-electron chi connectivity index (χ1n) is 7.44. The highest BCUT2D eigenvalue weighted by Crippen LogP contribution is 2.32. The van der Waals surface area contributed by atoms with Gasteiger partial charge in [-0.2, -0.15) is 0 Å². The number of rotatable bonds is 4. The van der Waals surface area contributed by atoms with Crippen molar-refractivity contribution in [1.29, 1.82) is 0 Å². The lowest BCUT2D eigenvalue weighted by atomic mass is 10.3. The van der Waals surface area contributed by atoms with Crippen LogP contribution in [0.15, 0.2) is 54.4 Å². The SMILES string of the molecule is C=CCNc1ncnc2sc3c(=O)n(-c4ccc(Cl)cc4)cnc3c12. The zero-order valence-corrected chi connectivity index (χ0v) is 14.5. The predicted octanol–water partition coefficient (Wildman–Crippen LogP) is 3.64. The molecule has 1 aromatic carbocycles. The summed E-state index contributed by atoms with van der Waals surface area (Å²) in [5.74, 6) is 0.646.